The fraction of sp³-hybridized carbons (Fsp3) is 0.0833. The predicted octanol–water partition coefficient (Wildman–Crippen LogP) is 6.37. The van der Waals surface area contributed by atoms with Crippen LogP contribution in [0.25, 0.3) is 10.8 Å². The van der Waals surface area contributed by atoms with Gasteiger partial charge in [0.05, 0.1) is 6.04 Å². The molecule has 5 rings (SSSR count). The molecule has 0 aliphatic carbocycles. The first-order chi connectivity index (χ1) is 13.3. The zero-order valence-corrected chi connectivity index (χ0v) is 16.2. The van der Waals surface area contributed by atoms with Crippen molar-refractivity contribution in [3.63, 3.8) is 0 Å². The fourth-order valence-corrected chi connectivity index (χ4v) is 4.05. The number of hydrogen-bond acceptors (Lipinski definition) is 2. The number of rotatable bonds is 2. The second-order valence-electron chi connectivity index (χ2n) is 6.76. The molecule has 0 saturated heterocycles. The van der Waals surface area contributed by atoms with Gasteiger partial charge in [-0.3, -0.25) is 5.32 Å². The van der Waals surface area contributed by atoms with E-state index in [0.717, 1.165) is 15.8 Å². The van der Waals surface area contributed by atoms with E-state index in [2.05, 4.69) is 100 Å². The van der Waals surface area contributed by atoms with E-state index in [0.29, 0.717) is 0 Å². The van der Waals surface area contributed by atoms with Crippen LogP contribution >= 0.6 is 15.9 Å². The molecule has 1 heterocycles. The van der Waals surface area contributed by atoms with Gasteiger partial charge < -0.3 is 4.74 Å². The first kappa shape index (κ1) is 16.5. The second-order valence-corrected chi connectivity index (χ2v) is 7.67. The van der Waals surface area contributed by atoms with Crippen molar-refractivity contribution in [2.75, 3.05) is 0 Å². The molecule has 132 valence electrons. The number of halogens is 1. The first-order valence-corrected chi connectivity index (χ1v) is 9.84. The number of ether oxygens (including phenoxy) is 1. The second kappa shape index (κ2) is 6.84. The van der Waals surface area contributed by atoms with Gasteiger partial charge in [0.25, 0.3) is 0 Å². The van der Waals surface area contributed by atoms with Crippen molar-refractivity contribution in [3.05, 3.63) is 112 Å². The van der Waals surface area contributed by atoms with E-state index in [1.807, 2.05) is 12.1 Å². The Balaban J connectivity index is 1.68. The fourth-order valence-electron chi connectivity index (χ4n) is 3.78. The van der Waals surface area contributed by atoms with Crippen molar-refractivity contribution in [1.82, 2.24) is 5.32 Å². The van der Waals surface area contributed by atoms with E-state index in [9.17, 15) is 0 Å². The minimum atomic E-state index is -0.197. The molecule has 0 fully saturated rings. The molecule has 0 saturated carbocycles. The summed E-state index contributed by atoms with van der Waals surface area (Å²) in [7, 11) is 0. The highest BCUT2D eigenvalue weighted by molar-refractivity contribution is 9.10. The molecule has 1 aliphatic heterocycles. The average Bonchev–Trinajstić information content (AvgIpc) is 2.74. The highest BCUT2D eigenvalue weighted by Gasteiger charge is 2.31. The van der Waals surface area contributed by atoms with Gasteiger partial charge in [-0.05, 0) is 34.5 Å². The van der Waals surface area contributed by atoms with Gasteiger partial charge in [-0.1, -0.05) is 88.7 Å². The topological polar surface area (TPSA) is 21.3 Å². The highest BCUT2D eigenvalue weighted by atomic mass is 79.9. The van der Waals surface area contributed by atoms with Crippen LogP contribution in [0, 0.1) is 0 Å². The van der Waals surface area contributed by atoms with Crippen LogP contribution in [-0.4, -0.2) is 0 Å². The largest absolute Gasteiger partial charge is 0.471 e. The molecule has 0 spiro atoms. The Bertz CT molecular complexity index is 1090. The van der Waals surface area contributed by atoms with E-state index >= 15 is 0 Å². The van der Waals surface area contributed by atoms with E-state index in [-0.39, 0.29) is 12.3 Å². The van der Waals surface area contributed by atoms with E-state index in [1.54, 1.807) is 0 Å². The summed E-state index contributed by atoms with van der Waals surface area (Å²) in [5.74, 6) is 0.939. The molecule has 4 aromatic rings. The molecule has 2 nitrogen and oxygen atoms in total. The monoisotopic (exact) mass is 415 g/mol. The molecular weight excluding hydrogens is 398 g/mol. The number of fused-ring (bicyclic) bond motifs is 3. The normalized spacial score (nSPS) is 18.7. The smallest absolute Gasteiger partial charge is 0.177 e. The lowest BCUT2D eigenvalue weighted by atomic mass is 9.91. The third-order valence-corrected chi connectivity index (χ3v) is 5.62. The number of hydrogen-bond donors (Lipinski definition) is 1. The van der Waals surface area contributed by atoms with Crippen molar-refractivity contribution in [2.24, 2.45) is 0 Å². The summed E-state index contributed by atoms with van der Waals surface area (Å²) in [6, 6.07) is 31.7. The molecule has 0 bridgehead atoms. The van der Waals surface area contributed by atoms with Gasteiger partial charge in [-0.2, -0.15) is 0 Å². The van der Waals surface area contributed by atoms with Crippen molar-refractivity contribution in [2.45, 2.75) is 12.3 Å². The van der Waals surface area contributed by atoms with Crippen LogP contribution in [0.15, 0.2) is 95.5 Å². The Hall–Kier alpha value is -2.62. The third kappa shape index (κ3) is 3.03. The highest BCUT2D eigenvalue weighted by Crippen LogP contribution is 2.42. The SMILES string of the molecule is Brc1ccc([C@H]2N[C@H](c3ccccc3)c3c(ccc4ccccc34)O2)cc1. The Labute approximate surface area is 166 Å². The van der Waals surface area contributed by atoms with Gasteiger partial charge in [0.15, 0.2) is 6.23 Å². The van der Waals surface area contributed by atoms with Crippen molar-refractivity contribution < 1.29 is 4.74 Å². The Morgan fingerprint density at radius 3 is 2.26 bits per heavy atom. The van der Waals surface area contributed by atoms with Gasteiger partial charge in [-0.25, -0.2) is 0 Å². The molecule has 3 heteroatoms. The average molecular weight is 416 g/mol. The van der Waals surface area contributed by atoms with Gasteiger partial charge in [0.1, 0.15) is 5.75 Å². The minimum absolute atomic E-state index is 0.0645. The molecule has 27 heavy (non-hydrogen) atoms. The number of benzene rings is 4. The van der Waals surface area contributed by atoms with Crippen LogP contribution in [-0.2, 0) is 0 Å². The summed E-state index contributed by atoms with van der Waals surface area (Å²) >= 11 is 3.51. The maximum Gasteiger partial charge on any atom is 0.177 e. The summed E-state index contributed by atoms with van der Waals surface area (Å²) < 4.78 is 7.45. The van der Waals surface area contributed by atoms with Gasteiger partial charge in [-0.15, -0.1) is 0 Å². The summed E-state index contributed by atoms with van der Waals surface area (Å²) in [5, 5.41) is 6.17. The van der Waals surface area contributed by atoms with Crippen LogP contribution in [0.1, 0.15) is 29.0 Å². The van der Waals surface area contributed by atoms with Crippen molar-refractivity contribution >= 4 is 26.7 Å². The molecule has 1 N–H and O–H groups in total. The Morgan fingerprint density at radius 2 is 1.44 bits per heavy atom. The molecule has 0 radical (unpaired) electrons. The standard InChI is InChI=1S/C24H18BrNO/c25-19-13-10-18(11-14-19)24-26-23(17-7-2-1-3-8-17)22-20-9-5-4-6-16(20)12-15-21(22)27-24/h1-15,23-24,26H/t23-,24+/m1/s1. The van der Waals surface area contributed by atoms with Crippen LogP contribution in [0.3, 0.4) is 0 Å². The van der Waals surface area contributed by atoms with E-state index in [1.165, 1.54) is 21.9 Å². The molecular formula is C24H18BrNO. The quantitative estimate of drug-likeness (QED) is 0.410. The van der Waals surface area contributed by atoms with Crippen molar-refractivity contribution in [3.8, 4) is 5.75 Å². The van der Waals surface area contributed by atoms with Gasteiger partial charge in [0, 0.05) is 15.6 Å². The molecule has 4 aromatic carbocycles. The maximum absolute atomic E-state index is 6.39. The molecule has 0 amide bonds. The van der Waals surface area contributed by atoms with Gasteiger partial charge >= 0.3 is 0 Å². The number of nitrogens with one attached hydrogen (secondary N) is 1. The molecule has 2 atom stereocenters. The summed E-state index contributed by atoms with van der Waals surface area (Å²) in [6.07, 6.45) is -0.197. The molecule has 1 aliphatic rings. The van der Waals surface area contributed by atoms with Crippen LogP contribution < -0.4 is 10.1 Å². The van der Waals surface area contributed by atoms with E-state index < -0.39 is 0 Å². The maximum atomic E-state index is 6.39. The van der Waals surface area contributed by atoms with Crippen LogP contribution in [0.4, 0.5) is 0 Å². The first-order valence-electron chi connectivity index (χ1n) is 9.04. The summed E-state index contributed by atoms with van der Waals surface area (Å²) in [6.45, 7) is 0. The van der Waals surface area contributed by atoms with Crippen LogP contribution in [0.5, 0.6) is 5.75 Å². The Kier molecular flexibility index (Phi) is 4.19. The Morgan fingerprint density at radius 1 is 0.704 bits per heavy atom. The van der Waals surface area contributed by atoms with E-state index in [4.69, 9.17) is 4.74 Å². The molecule has 0 aromatic heterocycles. The summed E-state index contributed by atoms with van der Waals surface area (Å²) in [4.78, 5) is 0. The van der Waals surface area contributed by atoms with Crippen LogP contribution in [0.2, 0.25) is 0 Å². The molecule has 0 unspecified atom stereocenters. The lowest BCUT2D eigenvalue weighted by Gasteiger charge is -2.35. The minimum Gasteiger partial charge on any atom is -0.471 e. The third-order valence-electron chi connectivity index (χ3n) is 5.09. The summed E-state index contributed by atoms with van der Waals surface area (Å²) in [5.41, 5.74) is 3.55. The lowest BCUT2D eigenvalue weighted by Crippen LogP contribution is -2.35. The zero-order chi connectivity index (χ0) is 18.2. The zero-order valence-electron chi connectivity index (χ0n) is 14.6. The van der Waals surface area contributed by atoms with Gasteiger partial charge in [0.2, 0.25) is 0 Å². The van der Waals surface area contributed by atoms with Crippen molar-refractivity contribution in [1.29, 1.82) is 0 Å². The lowest BCUT2D eigenvalue weighted by molar-refractivity contribution is 0.134. The predicted molar refractivity (Wildman–Crippen MR) is 113 cm³/mol.